The first kappa shape index (κ1) is 11.5. The van der Waals surface area contributed by atoms with Crippen molar-refractivity contribution in [3.63, 3.8) is 0 Å². The summed E-state index contributed by atoms with van der Waals surface area (Å²) in [6.45, 7) is 7.37. The highest BCUT2D eigenvalue weighted by atomic mass is 16.2. The Morgan fingerprint density at radius 3 is 2.71 bits per heavy atom. The summed E-state index contributed by atoms with van der Waals surface area (Å²) in [5, 5.41) is 3.22. The van der Waals surface area contributed by atoms with Crippen molar-refractivity contribution in [2.75, 3.05) is 40.3 Å². The largest absolute Gasteiger partial charge is 0.339 e. The van der Waals surface area contributed by atoms with E-state index in [-0.39, 0.29) is 11.4 Å². The molecule has 0 atom stereocenters. The fourth-order valence-electron chi connectivity index (χ4n) is 1.61. The Kier molecular flexibility index (Phi) is 3.50. The molecule has 0 unspecified atom stereocenters. The van der Waals surface area contributed by atoms with E-state index in [2.05, 4.69) is 10.2 Å². The highest BCUT2D eigenvalue weighted by molar-refractivity contribution is 5.86. The standard InChI is InChI=1S/C10H21N3O/c1-10(2)9(14)13(6-5-11-10)8-7-12(3)4/h11H,5-8H2,1-4H3. The molecule has 1 amide bonds. The molecule has 1 N–H and O–H groups in total. The molecule has 1 rings (SSSR count). The lowest BCUT2D eigenvalue weighted by Gasteiger charge is -2.38. The third-order valence-electron chi connectivity index (χ3n) is 2.59. The Morgan fingerprint density at radius 2 is 2.14 bits per heavy atom. The summed E-state index contributed by atoms with van der Waals surface area (Å²) in [5.74, 6) is 0.214. The summed E-state index contributed by atoms with van der Waals surface area (Å²) < 4.78 is 0. The molecule has 1 fully saturated rings. The van der Waals surface area contributed by atoms with Crippen molar-refractivity contribution >= 4 is 5.91 Å². The molecule has 1 aliphatic heterocycles. The Hall–Kier alpha value is -0.610. The van der Waals surface area contributed by atoms with E-state index in [9.17, 15) is 4.79 Å². The molecule has 1 saturated heterocycles. The zero-order chi connectivity index (χ0) is 10.8. The van der Waals surface area contributed by atoms with Gasteiger partial charge in [0.15, 0.2) is 0 Å². The van der Waals surface area contributed by atoms with Crippen LogP contribution < -0.4 is 5.32 Å². The van der Waals surface area contributed by atoms with E-state index < -0.39 is 0 Å². The predicted octanol–water partition coefficient (Wildman–Crippen LogP) is -0.242. The number of likely N-dealkylation sites (N-methyl/N-ethyl adjacent to an activating group) is 1. The second-order valence-electron chi connectivity index (χ2n) is 4.65. The average Bonchev–Trinajstić information content (AvgIpc) is 2.07. The molecular weight excluding hydrogens is 178 g/mol. The molecule has 0 spiro atoms. The summed E-state index contributed by atoms with van der Waals surface area (Å²) in [6, 6.07) is 0. The van der Waals surface area contributed by atoms with Crippen molar-refractivity contribution in [3.8, 4) is 0 Å². The molecule has 0 aromatic heterocycles. The fourth-order valence-corrected chi connectivity index (χ4v) is 1.61. The molecule has 4 heteroatoms. The van der Waals surface area contributed by atoms with Crippen LogP contribution in [0.15, 0.2) is 0 Å². The van der Waals surface area contributed by atoms with Crippen LogP contribution in [0, 0.1) is 0 Å². The molecular formula is C10H21N3O. The van der Waals surface area contributed by atoms with Crippen molar-refractivity contribution in [3.05, 3.63) is 0 Å². The molecule has 1 aliphatic rings. The molecule has 0 radical (unpaired) electrons. The minimum Gasteiger partial charge on any atom is -0.339 e. The lowest BCUT2D eigenvalue weighted by atomic mass is 10.0. The van der Waals surface area contributed by atoms with Gasteiger partial charge in [0.1, 0.15) is 0 Å². The molecule has 0 aliphatic carbocycles. The van der Waals surface area contributed by atoms with E-state index in [0.29, 0.717) is 0 Å². The van der Waals surface area contributed by atoms with E-state index in [1.807, 2.05) is 32.8 Å². The van der Waals surface area contributed by atoms with Crippen LogP contribution in [0.5, 0.6) is 0 Å². The van der Waals surface area contributed by atoms with E-state index in [1.54, 1.807) is 0 Å². The summed E-state index contributed by atoms with van der Waals surface area (Å²) in [7, 11) is 4.05. The molecule has 14 heavy (non-hydrogen) atoms. The monoisotopic (exact) mass is 199 g/mol. The molecule has 82 valence electrons. The maximum Gasteiger partial charge on any atom is 0.242 e. The number of amides is 1. The van der Waals surface area contributed by atoms with E-state index in [0.717, 1.165) is 26.2 Å². The van der Waals surface area contributed by atoms with Crippen LogP contribution in [0.4, 0.5) is 0 Å². The van der Waals surface area contributed by atoms with Gasteiger partial charge in [0.2, 0.25) is 5.91 Å². The highest BCUT2D eigenvalue weighted by Gasteiger charge is 2.34. The van der Waals surface area contributed by atoms with E-state index in [1.165, 1.54) is 0 Å². The number of hydrogen-bond donors (Lipinski definition) is 1. The van der Waals surface area contributed by atoms with Gasteiger partial charge in [0.25, 0.3) is 0 Å². The van der Waals surface area contributed by atoms with Gasteiger partial charge in [-0.3, -0.25) is 4.79 Å². The van der Waals surface area contributed by atoms with Crippen LogP contribution >= 0.6 is 0 Å². The van der Waals surface area contributed by atoms with Crippen molar-refractivity contribution in [2.45, 2.75) is 19.4 Å². The Morgan fingerprint density at radius 1 is 1.50 bits per heavy atom. The molecule has 4 nitrogen and oxygen atoms in total. The Bertz CT molecular complexity index is 213. The average molecular weight is 199 g/mol. The van der Waals surface area contributed by atoms with Gasteiger partial charge in [0.05, 0.1) is 5.54 Å². The van der Waals surface area contributed by atoms with Crippen LogP contribution in [0.1, 0.15) is 13.8 Å². The number of piperazine rings is 1. The predicted molar refractivity (Wildman–Crippen MR) is 57.2 cm³/mol. The maximum atomic E-state index is 11.9. The third kappa shape index (κ3) is 2.69. The maximum absolute atomic E-state index is 11.9. The Balaban J connectivity index is 2.49. The second kappa shape index (κ2) is 4.28. The number of nitrogens with zero attached hydrogens (tertiary/aromatic N) is 2. The van der Waals surface area contributed by atoms with Crippen molar-refractivity contribution < 1.29 is 4.79 Å². The molecule has 1 heterocycles. The number of hydrogen-bond acceptors (Lipinski definition) is 3. The van der Waals surface area contributed by atoms with Gasteiger partial charge in [-0.15, -0.1) is 0 Å². The van der Waals surface area contributed by atoms with Crippen molar-refractivity contribution in [2.24, 2.45) is 0 Å². The molecule has 0 saturated carbocycles. The minimum atomic E-state index is -0.384. The zero-order valence-electron chi connectivity index (χ0n) is 9.63. The van der Waals surface area contributed by atoms with E-state index >= 15 is 0 Å². The third-order valence-corrected chi connectivity index (χ3v) is 2.59. The topological polar surface area (TPSA) is 35.6 Å². The summed E-state index contributed by atoms with van der Waals surface area (Å²) in [6.07, 6.45) is 0. The lowest BCUT2D eigenvalue weighted by molar-refractivity contribution is -0.139. The fraction of sp³-hybridized carbons (Fsp3) is 0.900. The second-order valence-corrected chi connectivity index (χ2v) is 4.65. The van der Waals surface area contributed by atoms with E-state index in [4.69, 9.17) is 0 Å². The van der Waals surface area contributed by atoms with Crippen LogP contribution in [0.25, 0.3) is 0 Å². The molecule has 0 bridgehead atoms. The van der Waals surface area contributed by atoms with Gasteiger partial charge in [-0.1, -0.05) is 0 Å². The van der Waals surface area contributed by atoms with Crippen LogP contribution in [-0.2, 0) is 4.79 Å². The Labute approximate surface area is 86.2 Å². The quantitative estimate of drug-likeness (QED) is 0.681. The number of nitrogens with one attached hydrogen (secondary N) is 1. The zero-order valence-corrected chi connectivity index (χ0v) is 9.63. The van der Waals surface area contributed by atoms with Gasteiger partial charge < -0.3 is 15.1 Å². The first-order chi connectivity index (χ1) is 6.43. The number of carbonyl (C=O) groups excluding carboxylic acids is 1. The summed E-state index contributed by atoms with van der Waals surface area (Å²) in [5.41, 5.74) is -0.384. The van der Waals surface area contributed by atoms with Crippen molar-refractivity contribution in [1.82, 2.24) is 15.1 Å². The van der Waals surface area contributed by atoms with Crippen molar-refractivity contribution in [1.29, 1.82) is 0 Å². The van der Waals surface area contributed by atoms with Crippen LogP contribution in [-0.4, -0.2) is 61.5 Å². The van der Waals surface area contributed by atoms with Crippen LogP contribution in [0.2, 0.25) is 0 Å². The first-order valence-electron chi connectivity index (χ1n) is 5.12. The van der Waals surface area contributed by atoms with Gasteiger partial charge in [-0.05, 0) is 27.9 Å². The lowest BCUT2D eigenvalue weighted by Crippen LogP contribution is -2.61. The first-order valence-corrected chi connectivity index (χ1v) is 5.12. The van der Waals surface area contributed by atoms with Crippen LogP contribution in [0.3, 0.4) is 0 Å². The van der Waals surface area contributed by atoms with Gasteiger partial charge in [0, 0.05) is 26.2 Å². The van der Waals surface area contributed by atoms with Gasteiger partial charge >= 0.3 is 0 Å². The summed E-state index contributed by atoms with van der Waals surface area (Å²) in [4.78, 5) is 15.9. The number of rotatable bonds is 3. The minimum absolute atomic E-state index is 0.214. The summed E-state index contributed by atoms with van der Waals surface area (Å²) >= 11 is 0. The normalized spacial score (nSPS) is 21.8. The van der Waals surface area contributed by atoms with Gasteiger partial charge in [-0.25, -0.2) is 0 Å². The molecule has 0 aromatic carbocycles. The van der Waals surface area contributed by atoms with Gasteiger partial charge in [-0.2, -0.15) is 0 Å². The molecule has 0 aromatic rings. The SMILES string of the molecule is CN(C)CCN1CCNC(C)(C)C1=O. The highest BCUT2D eigenvalue weighted by Crippen LogP contribution is 2.11. The number of carbonyl (C=O) groups is 1. The smallest absolute Gasteiger partial charge is 0.242 e.